The molecule has 0 aromatic carbocycles. The minimum atomic E-state index is -0.307. The number of carbonyl (C=O) groups excluding carboxylic acids is 1. The number of pyridine rings is 1. The maximum atomic E-state index is 11.1. The van der Waals surface area contributed by atoms with E-state index in [1.807, 2.05) is 0 Å². The number of anilines is 1. The lowest BCUT2D eigenvalue weighted by Crippen LogP contribution is -2.53. The van der Waals surface area contributed by atoms with E-state index in [-0.39, 0.29) is 18.1 Å². The second-order valence-electron chi connectivity index (χ2n) is 4.93. The molecule has 6 nitrogen and oxygen atoms in total. The Morgan fingerprint density at radius 2 is 2.47 bits per heavy atom. The summed E-state index contributed by atoms with van der Waals surface area (Å²) >= 11 is 0. The van der Waals surface area contributed by atoms with Gasteiger partial charge in [0.1, 0.15) is 18.0 Å². The van der Waals surface area contributed by atoms with E-state index >= 15 is 0 Å². The van der Waals surface area contributed by atoms with Crippen LogP contribution in [0.3, 0.4) is 0 Å². The van der Waals surface area contributed by atoms with Crippen molar-refractivity contribution in [2.75, 3.05) is 31.1 Å². The van der Waals surface area contributed by atoms with E-state index in [1.165, 1.54) is 0 Å². The average Bonchev–Trinajstić information content (AvgIpc) is 2.87. The molecule has 2 fully saturated rings. The molecule has 0 radical (unpaired) electrons. The Kier molecular flexibility index (Phi) is 2.84. The molecule has 2 aliphatic rings. The van der Waals surface area contributed by atoms with Crippen LogP contribution in [0, 0.1) is 11.3 Å². The first-order chi connectivity index (χ1) is 9.21. The molecule has 1 amide bonds. The molecule has 0 saturated carbocycles. The number of nitrogens with zero attached hydrogens (tertiary/aromatic N) is 3. The van der Waals surface area contributed by atoms with Gasteiger partial charge in [-0.2, -0.15) is 5.26 Å². The second-order valence-corrected chi connectivity index (χ2v) is 4.93. The number of morpholine rings is 1. The Morgan fingerprint density at radius 1 is 1.58 bits per heavy atom. The van der Waals surface area contributed by atoms with Gasteiger partial charge in [0.15, 0.2) is 0 Å². The molecule has 2 saturated heterocycles. The van der Waals surface area contributed by atoms with Crippen molar-refractivity contribution in [2.24, 2.45) is 0 Å². The summed E-state index contributed by atoms with van der Waals surface area (Å²) in [5, 5.41) is 11.8. The molecule has 1 unspecified atom stereocenters. The Morgan fingerprint density at radius 3 is 3.21 bits per heavy atom. The SMILES string of the molecule is N#Cc1ccnc(N2CCC3(CNC(=O)CO3)C2)c1. The van der Waals surface area contributed by atoms with Crippen LogP contribution in [0.4, 0.5) is 5.82 Å². The minimum Gasteiger partial charge on any atom is -0.361 e. The van der Waals surface area contributed by atoms with Gasteiger partial charge in [0.25, 0.3) is 0 Å². The summed E-state index contributed by atoms with van der Waals surface area (Å²) in [4.78, 5) is 17.5. The summed E-state index contributed by atoms with van der Waals surface area (Å²) in [5.41, 5.74) is 0.293. The lowest BCUT2D eigenvalue weighted by Gasteiger charge is -2.33. The van der Waals surface area contributed by atoms with Gasteiger partial charge >= 0.3 is 0 Å². The van der Waals surface area contributed by atoms with Crippen molar-refractivity contribution in [3.05, 3.63) is 23.9 Å². The van der Waals surface area contributed by atoms with E-state index in [1.54, 1.807) is 18.3 Å². The predicted octanol–water partition coefficient (Wildman–Crippen LogP) is 0.0486. The summed E-state index contributed by atoms with van der Waals surface area (Å²) in [7, 11) is 0. The van der Waals surface area contributed by atoms with Crippen LogP contribution in [0.1, 0.15) is 12.0 Å². The minimum absolute atomic E-state index is 0.0614. The zero-order chi connectivity index (χ0) is 13.3. The highest BCUT2D eigenvalue weighted by molar-refractivity contribution is 5.78. The number of carbonyl (C=O) groups is 1. The summed E-state index contributed by atoms with van der Waals surface area (Å²) in [5.74, 6) is 0.727. The zero-order valence-corrected chi connectivity index (χ0v) is 10.4. The fourth-order valence-corrected chi connectivity index (χ4v) is 2.54. The van der Waals surface area contributed by atoms with Crippen molar-refractivity contribution in [1.82, 2.24) is 10.3 Å². The van der Waals surface area contributed by atoms with Crippen LogP contribution >= 0.6 is 0 Å². The van der Waals surface area contributed by atoms with Gasteiger partial charge in [-0.3, -0.25) is 4.79 Å². The summed E-state index contributed by atoms with van der Waals surface area (Å²) in [6, 6.07) is 5.58. The second kappa shape index (κ2) is 4.52. The monoisotopic (exact) mass is 258 g/mol. The highest BCUT2D eigenvalue weighted by atomic mass is 16.5. The number of aromatic nitrogens is 1. The number of ether oxygens (including phenoxy) is 1. The van der Waals surface area contributed by atoms with Gasteiger partial charge in [-0.05, 0) is 18.6 Å². The summed E-state index contributed by atoms with van der Waals surface area (Å²) in [6.07, 6.45) is 2.49. The van der Waals surface area contributed by atoms with Crippen LogP contribution in [-0.4, -0.2) is 42.7 Å². The smallest absolute Gasteiger partial charge is 0.246 e. The van der Waals surface area contributed by atoms with Gasteiger partial charge in [-0.15, -0.1) is 0 Å². The van der Waals surface area contributed by atoms with Gasteiger partial charge in [0.05, 0.1) is 18.2 Å². The normalized spacial score (nSPS) is 26.3. The molecule has 6 heteroatoms. The van der Waals surface area contributed by atoms with Crippen molar-refractivity contribution in [2.45, 2.75) is 12.0 Å². The molecule has 1 aromatic heterocycles. The molecule has 1 spiro atoms. The standard InChI is InChI=1S/C13H14N4O2/c14-6-10-1-3-15-11(5-10)17-4-2-13(9-17)8-16-12(18)7-19-13/h1,3,5H,2,4,7-9H2,(H,16,18). The van der Waals surface area contributed by atoms with Gasteiger partial charge in [0, 0.05) is 19.3 Å². The average molecular weight is 258 g/mol. The molecule has 0 aliphatic carbocycles. The van der Waals surface area contributed by atoms with E-state index in [4.69, 9.17) is 10.00 Å². The third-order valence-electron chi connectivity index (χ3n) is 3.63. The molecule has 2 aliphatic heterocycles. The highest BCUT2D eigenvalue weighted by Gasteiger charge is 2.42. The van der Waals surface area contributed by atoms with E-state index in [2.05, 4.69) is 21.3 Å². The Hall–Kier alpha value is -2.13. The first-order valence-corrected chi connectivity index (χ1v) is 6.23. The number of rotatable bonds is 1. The lowest BCUT2D eigenvalue weighted by atomic mass is 10.0. The highest BCUT2D eigenvalue weighted by Crippen LogP contribution is 2.29. The fourth-order valence-electron chi connectivity index (χ4n) is 2.54. The van der Waals surface area contributed by atoms with Crippen LogP contribution in [0.2, 0.25) is 0 Å². The van der Waals surface area contributed by atoms with Crippen molar-refractivity contribution in [3.63, 3.8) is 0 Å². The first-order valence-electron chi connectivity index (χ1n) is 6.23. The summed E-state index contributed by atoms with van der Waals surface area (Å²) in [6.45, 7) is 2.17. The van der Waals surface area contributed by atoms with Gasteiger partial charge in [-0.1, -0.05) is 0 Å². The molecule has 1 aromatic rings. The topological polar surface area (TPSA) is 78.3 Å². The van der Waals surface area contributed by atoms with Gasteiger partial charge in [-0.25, -0.2) is 4.98 Å². The molecule has 3 heterocycles. The van der Waals surface area contributed by atoms with Gasteiger partial charge in [0.2, 0.25) is 5.91 Å². The fraction of sp³-hybridized carbons (Fsp3) is 0.462. The van der Waals surface area contributed by atoms with Crippen LogP contribution < -0.4 is 10.2 Å². The molecule has 1 N–H and O–H groups in total. The van der Waals surface area contributed by atoms with Gasteiger partial charge < -0.3 is 15.0 Å². The van der Waals surface area contributed by atoms with Crippen LogP contribution in [0.15, 0.2) is 18.3 Å². The van der Waals surface area contributed by atoms with Crippen LogP contribution in [0.5, 0.6) is 0 Å². The number of amides is 1. The number of nitrogens with one attached hydrogen (secondary N) is 1. The number of nitriles is 1. The Labute approximate surface area is 111 Å². The largest absolute Gasteiger partial charge is 0.361 e. The van der Waals surface area contributed by atoms with Crippen molar-refractivity contribution < 1.29 is 9.53 Å². The number of hydrogen-bond acceptors (Lipinski definition) is 5. The van der Waals surface area contributed by atoms with E-state index < -0.39 is 0 Å². The zero-order valence-electron chi connectivity index (χ0n) is 10.4. The van der Waals surface area contributed by atoms with Crippen molar-refractivity contribution in [1.29, 1.82) is 5.26 Å². The molecule has 0 bridgehead atoms. The molecule has 98 valence electrons. The molecule has 19 heavy (non-hydrogen) atoms. The molecule has 3 rings (SSSR count). The molecular formula is C13H14N4O2. The lowest BCUT2D eigenvalue weighted by molar-refractivity contribution is -0.141. The van der Waals surface area contributed by atoms with Crippen molar-refractivity contribution >= 4 is 11.7 Å². The summed E-state index contributed by atoms with van der Waals surface area (Å²) < 4.78 is 5.70. The Bertz CT molecular complexity index is 542. The van der Waals surface area contributed by atoms with Crippen LogP contribution in [-0.2, 0) is 9.53 Å². The van der Waals surface area contributed by atoms with E-state index in [0.717, 1.165) is 18.8 Å². The van der Waals surface area contributed by atoms with E-state index in [0.29, 0.717) is 18.7 Å². The Balaban J connectivity index is 1.75. The van der Waals surface area contributed by atoms with Crippen LogP contribution in [0.25, 0.3) is 0 Å². The predicted molar refractivity (Wildman–Crippen MR) is 67.5 cm³/mol. The molecule has 1 atom stereocenters. The maximum Gasteiger partial charge on any atom is 0.246 e. The van der Waals surface area contributed by atoms with E-state index in [9.17, 15) is 4.79 Å². The third kappa shape index (κ3) is 2.25. The number of hydrogen-bond donors (Lipinski definition) is 1. The molecular weight excluding hydrogens is 244 g/mol. The third-order valence-corrected chi connectivity index (χ3v) is 3.63. The quantitative estimate of drug-likeness (QED) is 0.770. The first kappa shape index (κ1) is 11.9. The maximum absolute atomic E-state index is 11.1. The van der Waals surface area contributed by atoms with Crippen molar-refractivity contribution in [3.8, 4) is 6.07 Å².